The van der Waals surface area contributed by atoms with E-state index < -0.39 is 0 Å². The Balaban J connectivity index is 1.67. The van der Waals surface area contributed by atoms with Gasteiger partial charge in [0, 0.05) is 26.5 Å². The molecule has 1 aromatic carbocycles. The summed E-state index contributed by atoms with van der Waals surface area (Å²) in [7, 11) is 3.78. The molecule has 2 heterocycles. The number of hydrazone groups is 1. The fourth-order valence-electron chi connectivity index (χ4n) is 2.19. The molecule has 0 spiro atoms. The smallest absolute Gasteiger partial charge is 0.179 e. The van der Waals surface area contributed by atoms with Gasteiger partial charge in [0.1, 0.15) is 35.9 Å². The van der Waals surface area contributed by atoms with Gasteiger partial charge < -0.3 is 14.5 Å². The molecule has 130 valence electrons. The Labute approximate surface area is 151 Å². The molecule has 3 aromatic rings. The average Bonchev–Trinajstić information content (AvgIpc) is 3.29. The third kappa shape index (κ3) is 4.60. The van der Waals surface area contributed by atoms with Gasteiger partial charge in [-0.05, 0) is 23.6 Å². The molecule has 3 rings (SSSR count). The highest BCUT2D eigenvalue weighted by Crippen LogP contribution is 2.26. The third-order valence-corrected chi connectivity index (χ3v) is 4.12. The van der Waals surface area contributed by atoms with E-state index in [0.717, 1.165) is 22.2 Å². The lowest BCUT2D eigenvalue weighted by Crippen LogP contribution is -2.17. The van der Waals surface area contributed by atoms with E-state index in [0.29, 0.717) is 13.2 Å². The molecule has 0 amide bonds. The number of nitrogens with zero attached hydrogens (tertiary/aromatic N) is 4. The number of aromatic nitrogens is 2. The van der Waals surface area contributed by atoms with Crippen molar-refractivity contribution in [3.63, 3.8) is 0 Å². The largest absolute Gasteiger partial charge is 0.490 e. The first-order valence-electron chi connectivity index (χ1n) is 7.87. The molecule has 0 aliphatic rings. The molecule has 0 aliphatic carbocycles. The number of imidazole rings is 1. The van der Waals surface area contributed by atoms with Crippen LogP contribution in [0.25, 0.3) is 0 Å². The summed E-state index contributed by atoms with van der Waals surface area (Å²) >= 11 is 1.58. The minimum atomic E-state index is 0.456. The van der Waals surface area contributed by atoms with E-state index in [1.807, 2.05) is 66.6 Å². The molecule has 2 aromatic heterocycles. The zero-order chi connectivity index (χ0) is 17.5. The van der Waals surface area contributed by atoms with Gasteiger partial charge in [0.15, 0.2) is 5.84 Å². The second-order valence-electron chi connectivity index (χ2n) is 5.36. The summed E-state index contributed by atoms with van der Waals surface area (Å²) in [5.74, 6) is 2.40. The van der Waals surface area contributed by atoms with Gasteiger partial charge in [-0.2, -0.15) is 5.10 Å². The van der Waals surface area contributed by atoms with E-state index in [9.17, 15) is 0 Å². The van der Waals surface area contributed by atoms with Gasteiger partial charge in [-0.25, -0.2) is 4.98 Å². The highest BCUT2D eigenvalue weighted by atomic mass is 32.1. The van der Waals surface area contributed by atoms with E-state index >= 15 is 0 Å². The van der Waals surface area contributed by atoms with Crippen molar-refractivity contribution in [1.29, 1.82) is 0 Å². The Hall–Kier alpha value is -2.80. The van der Waals surface area contributed by atoms with Crippen LogP contribution >= 0.6 is 11.3 Å². The van der Waals surface area contributed by atoms with Crippen molar-refractivity contribution in [1.82, 2.24) is 14.6 Å². The molecule has 25 heavy (non-hydrogen) atoms. The van der Waals surface area contributed by atoms with Gasteiger partial charge in [-0.3, -0.25) is 4.57 Å². The predicted octanol–water partition coefficient (Wildman–Crippen LogP) is 3.17. The summed E-state index contributed by atoms with van der Waals surface area (Å²) < 4.78 is 13.5. The highest BCUT2D eigenvalue weighted by Gasteiger charge is 2.15. The Morgan fingerprint density at radius 3 is 2.68 bits per heavy atom. The summed E-state index contributed by atoms with van der Waals surface area (Å²) in [5, 5.41) is 8.32. The Kier molecular flexibility index (Phi) is 5.69. The molecule has 0 bridgehead atoms. The van der Waals surface area contributed by atoms with Crippen molar-refractivity contribution in [2.24, 2.45) is 5.10 Å². The molecule has 0 radical (unpaired) electrons. The van der Waals surface area contributed by atoms with Gasteiger partial charge in [0.05, 0.1) is 0 Å². The van der Waals surface area contributed by atoms with Gasteiger partial charge in [-0.15, -0.1) is 11.3 Å². The van der Waals surface area contributed by atoms with Crippen LogP contribution in [0.1, 0.15) is 4.88 Å². The van der Waals surface area contributed by atoms with Gasteiger partial charge in [-0.1, -0.05) is 18.2 Å². The standard InChI is InChI=1S/C18H20N4O2S/c1-21(2)20-18(22-10-9-19-14-22)17-16(8-13-25-17)24-12-11-23-15-6-4-3-5-7-15/h3-10,13-14H,11-12H2,1-2H3/b20-18-. The van der Waals surface area contributed by atoms with Crippen LogP contribution in [0.5, 0.6) is 11.5 Å². The minimum Gasteiger partial charge on any atom is -0.490 e. The number of ether oxygens (including phenoxy) is 2. The van der Waals surface area contributed by atoms with E-state index in [1.165, 1.54) is 0 Å². The molecule has 0 saturated carbocycles. The zero-order valence-corrected chi connectivity index (χ0v) is 15.0. The molecular weight excluding hydrogens is 336 g/mol. The summed E-state index contributed by atoms with van der Waals surface area (Å²) in [6.45, 7) is 0.933. The van der Waals surface area contributed by atoms with Crippen molar-refractivity contribution < 1.29 is 9.47 Å². The number of benzene rings is 1. The third-order valence-electron chi connectivity index (χ3n) is 3.23. The maximum absolute atomic E-state index is 5.91. The van der Waals surface area contributed by atoms with E-state index in [-0.39, 0.29) is 0 Å². The van der Waals surface area contributed by atoms with Crippen LogP contribution in [0, 0.1) is 0 Å². The molecular formula is C18H20N4O2S. The van der Waals surface area contributed by atoms with Crippen molar-refractivity contribution in [2.45, 2.75) is 0 Å². The molecule has 0 N–H and O–H groups in total. The topological polar surface area (TPSA) is 51.9 Å². The lowest BCUT2D eigenvalue weighted by atomic mass is 10.3. The molecule has 0 fully saturated rings. The van der Waals surface area contributed by atoms with Crippen molar-refractivity contribution in [2.75, 3.05) is 27.3 Å². The summed E-state index contributed by atoms with van der Waals surface area (Å²) in [6, 6.07) is 11.7. The lowest BCUT2D eigenvalue weighted by Gasteiger charge is -2.13. The van der Waals surface area contributed by atoms with Crippen LogP contribution < -0.4 is 9.47 Å². The minimum absolute atomic E-state index is 0.456. The maximum atomic E-state index is 5.91. The molecule has 0 atom stereocenters. The van der Waals surface area contributed by atoms with Crippen LogP contribution in [-0.4, -0.2) is 47.7 Å². The molecule has 0 unspecified atom stereocenters. The zero-order valence-electron chi connectivity index (χ0n) is 14.2. The molecule has 7 heteroatoms. The maximum Gasteiger partial charge on any atom is 0.179 e. The fraction of sp³-hybridized carbons (Fsp3) is 0.222. The lowest BCUT2D eigenvalue weighted by molar-refractivity contribution is 0.217. The molecule has 0 saturated heterocycles. The average molecular weight is 356 g/mol. The summed E-state index contributed by atoms with van der Waals surface area (Å²) in [5.41, 5.74) is 0. The van der Waals surface area contributed by atoms with Crippen molar-refractivity contribution in [3.8, 4) is 11.5 Å². The Bertz CT molecular complexity index is 798. The van der Waals surface area contributed by atoms with Crippen LogP contribution in [0.3, 0.4) is 0 Å². The molecule has 6 nitrogen and oxygen atoms in total. The van der Waals surface area contributed by atoms with Gasteiger partial charge >= 0.3 is 0 Å². The molecule has 0 aliphatic heterocycles. The number of thiophene rings is 1. The second kappa shape index (κ2) is 8.34. The first-order valence-corrected chi connectivity index (χ1v) is 8.75. The van der Waals surface area contributed by atoms with Crippen molar-refractivity contribution >= 4 is 17.2 Å². The number of para-hydroxylation sites is 1. The summed E-state index contributed by atoms with van der Waals surface area (Å²) in [6.07, 6.45) is 5.32. The number of hydrogen-bond acceptors (Lipinski definition) is 6. The van der Waals surface area contributed by atoms with Crippen LogP contribution in [0.4, 0.5) is 0 Å². The predicted molar refractivity (Wildman–Crippen MR) is 99.6 cm³/mol. The normalized spacial score (nSPS) is 11.4. The fourth-order valence-corrected chi connectivity index (χ4v) is 3.01. The van der Waals surface area contributed by atoms with Crippen LogP contribution in [-0.2, 0) is 0 Å². The second-order valence-corrected chi connectivity index (χ2v) is 6.28. The van der Waals surface area contributed by atoms with Crippen molar-refractivity contribution in [3.05, 3.63) is 65.4 Å². The SMILES string of the molecule is CN(C)/N=C(/c1sccc1OCCOc1ccccc1)n1ccnc1. The highest BCUT2D eigenvalue weighted by molar-refractivity contribution is 7.12. The quantitative estimate of drug-likeness (QED) is 0.282. The first kappa shape index (κ1) is 17.0. The van der Waals surface area contributed by atoms with Gasteiger partial charge in [0.25, 0.3) is 0 Å². The Morgan fingerprint density at radius 2 is 1.96 bits per heavy atom. The van der Waals surface area contributed by atoms with E-state index in [4.69, 9.17) is 9.47 Å². The van der Waals surface area contributed by atoms with E-state index in [1.54, 1.807) is 28.9 Å². The first-order chi connectivity index (χ1) is 12.2. The van der Waals surface area contributed by atoms with Gasteiger partial charge in [0.2, 0.25) is 0 Å². The van der Waals surface area contributed by atoms with E-state index in [2.05, 4.69) is 10.1 Å². The number of rotatable bonds is 7. The Morgan fingerprint density at radius 1 is 1.16 bits per heavy atom. The number of hydrogen-bond donors (Lipinski definition) is 0. The monoisotopic (exact) mass is 356 g/mol. The van der Waals surface area contributed by atoms with Crippen LogP contribution in [0.15, 0.2) is 65.6 Å². The van der Waals surface area contributed by atoms with Crippen LogP contribution in [0.2, 0.25) is 0 Å². The summed E-state index contributed by atoms with van der Waals surface area (Å²) in [4.78, 5) is 5.06.